The molecular formula is C15H25N3O2. The lowest BCUT2D eigenvalue weighted by molar-refractivity contribution is -0.127. The molecule has 0 spiro atoms. The summed E-state index contributed by atoms with van der Waals surface area (Å²) in [6, 6.07) is 0. The van der Waals surface area contributed by atoms with Gasteiger partial charge in [0.15, 0.2) is 0 Å². The lowest BCUT2D eigenvalue weighted by Crippen LogP contribution is -2.34. The van der Waals surface area contributed by atoms with Gasteiger partial charge in [0.2, 0.25) is 5.91 Å². The van der Waals surface area contributed by atoms with Crippen molar-refractivity contribution < 1.29 is 9.90 Å². The summed E-state index contributed by atoms with van der Waals surface area (Å²) in [6.07, 6.45) is 3.77. The quantitative estimate of drug-likeness (QED) is 0.854. The highest BCUT2D eigenvalue weighted by atomic mass is 16.3. The van der Waals surface area contributed by atoms with Crippen LogP contribution < -0.4 is 5.32 Å². The van der Waals surface area contributed by atoms with Crippen molar-refractivity contribution in [3.63, 3.8) is 0 Å². The minimum absolute atomic E-state index is 0.0250. The third kappa shape index (κ3) is 2.87. The van der Waals surface area contributed by atoms with Crippen molar-refractivity contribution in [2.24, 2.45) is 13.0 Å². The van der Waals surface area contributed by atoms with E-state index in [0.29, 0.717) is 6.54 Å². The van der Waals surface area contributed by atoms with Gasteiger partial charge < -0.3 is 10.4 Å². The highest BCUT2D eigenvalue weighted by molar-refractivity contribution is 5.79. The predicted molar refractivity (Wildman–Crippen MR) is 77.2 cm³/mol. The van der Waals surface area contributed by atoms with E-state index in [0.717, 1.165) is 43.4 Å². The lowest BCUT2D eigenvalue weighted by atomic mass is 10.0. The summed E-state index contributed by atoms with van der Waals surface area (Å²) in [5, 5.41) is 17.3. The summed E-state index contributed by atoms with van der Waals surface area (Å²) >= 11 is 0. The molecule has 2 rings (SSSR count). The topological polar surface area (TPSA) is 67.2 Å². The second-order valence-electron chi connectivity index (χ2n) is 5.53. The molecule has 0 radical (unpaired) electrons. The van der Waals surface area contributed by atoms with Crippen molar-refractivity contribution in [3.05, 3.63) is 17.0 Å². The molecule has 20 heavy (non-hydrogen) atoms. The van der Waals surface area contributed by atoms with Gasteiger partial charge in [-0.2, -0.15) is 5.10 Å². The van der Waals surface area contributed by atoms with Crippen LogP contribution in [-0.4, -0.2) is 26.9 Å². The smallest absolute Gasteiger partial charge is 0.225 e. The van der Waals surface area contributed by atoms with Gasteiger partial charge in [-0.25, -0.2) is 0 Å². The molecule has 1 fully saturated rings. The highest BCUT2D eigenvalue weighted by Gasteiger charge is 2.31. The van der Waals surface area contributed by atoms with Gasteiger partial charge in [-0.3, -0.25) is 9.48 Å². The molecule has 0 aromatic carbocycles. The molecule has 112 valence electrons. The third-order valence-electron chi connectivity index (χ3n) is 4.28. The first kappa shape index (κ1) is 15.0. The van der Waals surface area contributed by atoms with Crippen LogP contribution in [0.5, 0.6) is 0 Å². The van der Waals surface area contributed by atoms with Crippen molar-refractivity contribution in [1.29, 1.82) is 0 Å². The molecule has 2 unspecified atom stereocenters. The average molecular weight is 279 g/mol. The number of nitrogens with zero attached hydrogens (tertiary/aromatic N) is 2. The maximum absolute atomic E-state index is 12.1. The number of hydrogen-bond donors (Lipinski definition) is 2. The maximum Gasteiger partial charge on any atom is 0.225 e. The van der Waals surface area contributed by atoms with Gasteiger partial charge in [-0.05, 0) is 32.1 Å². The molecule has 5 heteroatoms. The Bertz CT molecular complexity index is 482. The van der Waals surface area contributed by atoms with Crippen LogP contribution in [0.4, 0.5) is 0 Å². The first-order valence-electron chi connectivity index (χ1n) is 7.57. The van der Waals surface area contributed by atoms with Crippen LogP contribution in [0, 0.1) is 5.92 Å². The lowest BCUT2D eigenvalue weighted by Gasteiger charge is -2.15. The molecule has 1 aromatic heterocycles. The number of aliphatic hydroxyl groups excluding tert-OH is 1. The fourth-order valence-corrected chi connectivity index (χ4v) is 3.15. The number of carbonyl (C=O) groups is 1. The monoisotopic (exact) mass is 279 g/mol. The fourth-order valence-electron chi connectivity index (χ4n) is 3.15. The molecule has 1 aliphatic carbocycles. The molecule has 2 atom stereocenters. The van der Waals surface area contributed by atoms with E-state index in [1.54, 1.807) is 0 Å². The average Bonchev–Trinajstić information content (AvgIpc) is 2.99. The van der Waals surface area contributed by atoms with Crippen LogP contribution in [0.25, 0.3) is 0 Å². The Morgan fingerprint density at radius 3 is 2.70 bits per heavy atom. The van der Waals surface area contributed by atoms with Gasteiger partial charge in [0.25, 0.3) is 0 Å². The first-order valence-corrected chi connectivity index (χ1v) is 7.57. The normalized spacial score (nSPS) is 22.2. The number of rotatable bonds is 5. The molecule has 1 saturated carbocycles. The Balaban J connectivity index is 2.05. The van der Waals surface area contributed by atoms with Crippen LogP contribution in [0.1, 0.15) is 50.1 Å². The zero-order valence-electron chi connectivity index (χ0n) is 12.6. The molecule has 1 heterocycles. The Kier molecular flexibility index (Phi) is 4.81. The molecule has 1 aromatic rings. The number of aromatic nitrogens is 2. The van der Waals surface area contributed by atoms with Crippen LogP contribution in [-0.2, 0) is 31.2 Å². The summed E-state index contributed by atoms with van der Waals surface area (Å²) < 4.78 is 1.91. The highest BCUT2D eigenvalue weighted by Crippen LogP contribution is 2.25. The van der Waals surface area contributed by atoms with Gasteiger partial charge in [0.1, 0.15) is 0 Å². The summed E-state index contributed by atoms with van der Waals surface area (Å²) in [7, 11) is 1.95. The number of aliphatic hydroxyl groups is 1. The zero-order chi connectivity index (χ0) is 14.7. The minimum atomic E-state index is -0.472. The molecular weight excluding hydrogens is 254 g/mol. The molecule has 2 N–H and O–H groups in total. The number of amides is 1. The zero-order valence-corrected chi connectivity index (χ0v) is 12.6. The van der Waals surface area contributed by atoms with Crippen molar-refractivity contribution in [1.82, 2.24) is 15.1 Å². The molecule has 0 aliphatic heterocycles. The Labute approximate surface area is 120 Å². The molecule has 5 nitrogen and oxygen atoms in total. The molecule has 1 amide bonds. The Morgan fingerprint density at radius 2 is 2.15 bits per heavy atom. The van der Waals surface area contributed by atoms with Gasteiger partial charge in [0.05, 0.1) is 17.7 Å². The molecule has 1 aliphatic rings. The Hall–Kier alpha value is -1.36. The van der Waals surface area contributed by atoms with E-state index < -0.39 is 6.10 Å². The van der Waals surface area contributed by atoms with E-state index in [4.69, 9.17) is 0 Å². The van der Waals surface area contributed by atoms with Gasteiger partial charge in [0, 0.05) is 24.8 Å². The SMILES string of the molecule is CCc1nn(C)c(CC)c1CNC(=O)C1CCCC1O. The largest absolute Gasteiger partial charge is 0.392 e. The Morgan fingerprint density at radius 1 is 1.40 bits per heavy atom. The number of hydrogen-bond acceptors (Lipinski definition) is 3. The van der Waals surface area contributed by atoms with Crippen LogP contribution in [0.15, 0.2) is 0 Å². The minimum Gasteiger partial charge on any atom is -0.392 e. The summed E-state index contributed by atoms with van der Waals surface area (Å²) in [4.78, 5) is 12.1. The van der Waals surface area contributed by atoms with E-state index in [2.05, 4.69) is 24.3 Å². The summed E-state index contributed by atoms with van der Waals surface area (Å²) in [5.41, 5.74) is 3.36. The van der Waals surface area contributed by atoms with Crippen molar-refractivity contribution in [2.75, 3.05) is 0 Å². The van der Waals surface area contributed by atoms with Crippen molar-refractivity contribution in [2.45, 2.75) is 58.6 Å². The van der Waals surface area contributed by atoms with Crippen LogP contribution in [0.2, 0.25) is 0 Å². The van der Waals surface area contributed by atoms with E-state index >= 15 is 0 Å². The fraction of sp³-hybridized carbons (Fsp3) is 0.733. The second kappa shape index (κ2) is 6.39. The van der Waals surface area contributed by atoms with Crippen molar-refractivity contribution in [3.8, 4) is 0 Å². The van der Waals surface area contributed by atoms with Crippen LogP contribution in [0.3, 0.4) is 0 Å². The number of aryl methyl sites for hydroxylation is 2. The summed E-state index contributed by atoms with van der Waals surface area (Å²) in [5.74, 6) is -0.259. The molecule has 0 saturated heterocycles. The van der Waals surface area contributed by atoms with Gasteiger partial charge >= 0.3 is 0 Å². The van der Waals surface area contributed by atoms with Crippen LogP contribution >= 0.6 is 0 Å². The third-order valence-corrected chi connectivity index (χ3v) is 4.28. The number of carbonyl (C=O) groups excluding carboxylic acids is 1. The van der Waals surface area contributed by atoms with E-state index in [1.165, 1.54) is 5.69 Å². The van der Waals surface area contributed by atoms with E-state index in [9.17, 15) is 9.90 Å². The second-order valence-corrected chi connectivity index (χ2v) is 5.53. The standard InChI is InChI=1S/C15H25N3O2/c1-4-12-11(13(5-2)18(3)17-12)9-16-15(20)10-7-6-8-14(10)19/h10,14,19H,4-9H2,1-3H3,(H,16,20). The first-order chi connectivity index (χ1) is 9.58. The van der Waals surface area contributed by atoms with Crippen molar-refractivity contribution >= 4 is 5.91 Å². The van der Waals surface area contributed by atoms with E-state index in [-0.39, 0.29) is 11.8 Å². The van der Waals surface area contributed by atoms with Gasteiger partial charge in [-0.1, -0.05) is 13.8 Å². The van der Waals surface area contributed by atoms with Gasteiger partial charge in [-0.15, -0.1) is 0 Å². The van der Waals surface area contributed by atoms with E-state index in [1.807, 2.05) is 11.7 Å². The predicted octanol–water partition coefficient (Wildman–Crippen LogP) is 1.32. The maximum atomic E-state index is 12.1. The number of nitrogens with one attached hydrogen (secondary N) is 1. The molecule has 0 bridgehead atoms. The summed E-state index contributed by atoms with van der Waals surface area (Å²) in [6.45, 7) is 4.69.